The lowest BCUT2D eigenvalue weighted by Gasteiger charge is -2.06. The summed E-state index contributed by atoms with van der Waals surface area (Å²) in [7, 11) is 0. The van der Waals surface area contributed by atoms with Crippen molar-refractivity contribution in [1.29, 1.82) is 0 Å². The highest BCUT2D eigenvalue weighted by molar-refractivity contribution is 9.10. The number of benzene rings is 1. The fourth-order valence-electron chi connectivity index (χ4n) is 1.12. The number of anilines is 1. The molecule has 1 heterocycles. The van der Waals surface area contributed by atoms with Gasteiger partial charge in [0.15, 0.2) is 0 Å². The molecule has 16 heavy (non-hydrogen) atoms. The maximum atomic E-state index is 5.98. The van der Waals surface area contributed by atoms with Gasteiger partial charge in [-0.1, -0.05) is 27.5 Å². The molecule has 5 heteroatoms. The number of pyridine rings is 1. The van der Waals surface area contributed by atoms with Gasteiger partial charge in [-0.05, 0) is 24.3 Å². The maximum Gasteiger partial charge on any atom is 0.219 e. The standard InChI is InChI=1S/C11H8BrClN2O/c12-7-1-3-9(13)10(5-7)16-11-4-2-8(14)6-15-11/h1-6H,14H2. The average molecular weight is 300 g/mol. The summed E-state index contributed by atoms with van der Waals surface area (Å²) >= 11 is 9.32. The normalized spacial score (nSPS) is 10.1. The van der Waals surface area contributed by atoms with Crippen molar-refractivity contribution in [3.63, 3.8) is 0 Å². The second-order valence-electron chi connectivity index (χ2n) is 3.11. The van der Waals surface area contributed by atoms with E-state index in [0.717, 1.165) is 4.47 Å². The lowest BCUT2D eigenvalue weighted by Crippen LogP contribution is -1.90. The van der Waals surface area contributed by atoms with Crippen LogP contribution in [-0.2, 0) is 0 Å². The first-order chi connectivity index (χ1) is 7.65. The third kappa shape index (κ3) is 2.65. The second kappa shape index (κ2) is 4.72. The van der Waals surface area contributed by atoms with Crippen molar-refractivity contribution >= 4 is 33.2 Å². The van der Waals surface area contributed by atoms with Crippen LogP contribution in [0.3, 0.4) is 0 Å². The number of halogens is 2. The summed E-state index contributed by atoms with van der Waals surface area (Å²) in [6, 6.07) is 8.77. The number of ether oxygens (including phenoxy) is 1. The number of hydrogen-bond acceptors (Lipinski definition) is 3. The Labute approximate surface area is 106 Å². The lowest BCUT2D eigenvalue weighted by atomic mass is 10.3. The van der Waals surface area contributed by atoms with Gasteiger partial charge in [0.25, 0.3) is 0 Å². The molecular formula is C11H8BrClN2O. The Morgan fingerprint density at radius 1 is 1.25 bits per heavy atom. The fourth-order valence-corrected chi connectivity index (χ4v) is 1.62. The highest BCUT2D eigenvalue weighted by Gasteiger charge is 2.04. The molecule has 0 fully saturated rings. The van der Waals surface area contributed by atoms with Gasteiger partial charge in [-0.3, -0.25) is 0 Å². The van der Waals surface area contributed by atoms with Crippen molar-refractivity contribution in [1.82, 2.24) is 4.98 Å². The summed E-state index contributed by atoms with van der Waals surface area (Å²) in [5, 5.41) is 0.529. The lowest BCUT2D eigenvalue weighted by molar-refractivity contribution is 0.463. The number of nitrogens with zero attached hydrogens (tertiary/aromatic N) is 1. The highest BCUT2D eigenvalue weighted by atomic mass is 79.9. The molecule has 0 saturated heterocycles. The Kier molecular flexibility index (Phi) is 3.31. The Morgan fingerprint density at radius 2 is 2.06 bits per heavy atom. The van der Waals surface area contributed by atoms with Crippen LogP contribution >= 0.6 is 27.5 Å². The number of rotatable bonds is 2. The van der Waals surface area contributed by atoms with Crippen LogP contribution in [0.25, 0.3) is 0 Å². The molecule has 1 aromatic heterocycles. The first-order valence-corrected chi connectivity index (χ1v) is 5.67. The molecule has 0 aliphatic heterocycles. The Hall–Kier alpha value is -1.26. The SMILES string of the molecule is Nc1ccc(Oc2cc(Br)ccc2Cl)nc1. The zero-order chi connectivity index (χ0) is 11.5. The Morgan fingerprint density at radius 3 is 2.75 bits per heavy atom. The van der Waals surface area contributed by atoms with E-state index in [-0.39, 0.29) is 0 Å². The third-order valence-electron chi connectivity index (χ3n) is 1.87. The smallest absolute Gasteiger partial charge is 0.219 e. The molecule has 2 rings (SSSR count). The molecule has 2 aromatic rings. The molecule has 0 radical (unpaired) electrons. The molecule has 0 unspecified atom stereocenters. The Balaban J connectivity index is 2.26. The van der Waals surface area contributed by atoms with E-state index in [0.29, 0.717) is 22.3 Å². The first kappa shape index (κ1) is 11.2. The molecule has 0 aliphatic rings. The van der Waals surface area contributed by atoms with Gasteiger partial charge >= 0.3 is 0 Å². The van der Waals surface area contributed by atoms with Crippen LogP contribution in [0.5, 0.6) is 11.6 Å². The molecule has 0 atom stereocenters. The predicted molar refractivity (Wildman–Crippen MR) is 67.9 cm³/mol. The zero-order valence-corrected chi connectivity index (χ0v) is 10.5. The first-order valence-electron chi connectivity index (χ1n) is 4.49. The van der Waals surface area contributed by atoms with Crippen LogP contribution in [0.4, 0.5) is 5.69 Å². The van der Waals surface area contributed by atoms with Crippen LogP contribution < -0.4 is 10.5 Å². The topological polar surface area (TPSA) is 48.1 Å². The van der Waals surface area contributed by atoms with Gasteiger partial charge in [-0.2, -0.15) is 0 Å². The van der Waals surface area contributed by atoms with Crippen LogP contribution in [0.15, 0.2) is 41.0 Å². The van der Waals surface area contributed by atoms with Gasteiger partial charge in [0.1, 0.15) is 5.75 Å². The summed E-state index contributed by atoms with van der Waals surface area (Å²) in [6.07, 6.45) is 1.53. The van der Waals surface area contributed by atoms with Gasteiger partial charge in [0.05, 0.1) is 16.9 Å². The number of hydrogen-bond donors (Lipinski definition) is 1. The minimum absolute atomic E-state index is 0.453. The number of aromatic nitrogens is 1. The van der Waals surface area contributed by atoms with Crippen molar-refractivity contribution in [2.75, 3.05) is 5.73 Å². The quantitative estimate of drug-likeness (QED) is 0.915. The second-order valence-corrected chi connectivity index (χ2v) is 4.43. The molecule has 0 spiro atoms. The Bertz CT molecular complexity index is 502. The van der Waals surface area contributed by atoms with E-state index in [1.165, 1.54) is 6.20 Å². The zero-order valence-electron chi connectivity index (χ0n) is 8.15. The molecule has 3 nitrogen and oxygen atoms in total. The molecule has 0 saturated carbocycles. The van der Waals surface area contributed by atoms with Gasteiger partial charge in [0.2, 0.25) is 5.88 Å². The number of nitrogen functional groups attached to an aromatic ring is 1. The summed E-state index contributed by atoms with van der Waals surface area (Å²) < 4.78 is 6.41. The van der Waals surface area contributed by atoms with Crippen LogP contribution in [0, 0.1) is 0 Å². The molecule has 0 aliphatic carbocycles. The molecule has 0 bridgehead atoms. The largest absolute Gasteiger partial charge is 0.437 e. The number of nitrogens with two attached hydrogens (primary N) is 1. The molecule has 1 aromatic carbocycles. The van der Waals surface area contributed by atoms with E-state index in [1.807, 2.05) is 6.07 Å². The van der Waals surface area contributed by atoms with Crippen molar-refractivity contribution in [3.05, 3.63) is 46.0 Å². The van der Waals surface area contributed by atoms with E-state index in [9.17, 15) is 0 Å². The van der Waals surface area contributed by atoms with Gasteiger partial charge < -0.3 is 10.5 Å². The summed E-state index contributed by atoms with van der Waals surface area (Å²) in [6.45, 7) is 0. The van der Waals surface area contributed by atoms with Crippen molar-refractivity contribution in [2.24, 2.45) is 0 Å². The van der Waals surface area contributed by atoms with Crippen LogP contribution in [-0.4, -0.2) is 4.98 Å². The van der Waals surface area contributed by atoms with Crippen molar-refractivity contribution in [3.8, 4) is 11.6 Å². The summed E-state index contributed by atoms with van der Waals surface area (Å²) in [5.74, 6) is 1.00. The van der Waals surface area contributed by atoms with E-state index in [1.54, 1.807) is 24.3 Å². The minimum Gasteiger partial charge on any atom is -0.437 e. The van der Waals surface area contributed by atoms with Crippen LogP contribution in [0.2, 0.25) is 5.02 Å². The fraction of sp³-hybridized carbons (Fsp3) is 0. The molecular weight excluding hydrogens is 291 g/mol. The van der Waals surface area contributed by atoms with E-state index in [2.05, 4.69) is 20.9 Å². The molecule has 0 amide bonds. The van der Waals surface area contributed by atoms with E-state index < -0.39 is 0 Å². The van der Waals surface area contributed by atoms with Gasteiger partial charge in [-0.25, -0.2) is 4.98 Å². The minimum atomic E-state index is 0.453. The van der Waals surface area contributed by atoms with Crippen LogP contribution in [0.1, 0.15) is 0 Å². The van der Waals surface area contributed by atoms with Crippen molar-refractivity contribution < 1.29 is 4.74 Å². The monoisotopic (exact) mass is 298 g/mol. The third-order valence-corrected chi connectivity index (χ3v) is 2.67. The van der Waals surface area contributed by atoms with Crippen molar-refractivity contribution in [2.45, 2.75) is 0 Å². The molecule has 2 N–H and O–H groups in total. The van der Waals surface area contributed by atoms with Gasteiger partial charge in [0, 0.05) is 10.5 Å². The molecule has 82 valence electrons. The maximum absolute atomic E-state index is 5.98. The summed E-state index contributed by atoms with van der Waals surface area (Å²) in [5.41, 5.74) is 6.11. The predicted octanol–water partition coefficient (Wildman–Crippen LogP) is 3.87. The highest BCUT2D eigenvalue weighted by Crippen LogP contribution is 2.31. The van der Waals surface area contributed by atoms with Gasteiger partial charge in [-0.15, -0.1) is 0 Å². The average Bonchev–Trinajstić information content (AvgIpc) is 2.27. The van der Waals surface area contributed by atoms with E-state index >= 15 is 0 Å². The van der Waals surface area contributed by atoms with E-state index in [4.69, 9.17) is 22.1 Å². The summed E-state index contributed by atoms with van der Waals surface area (Å²) in [4.78, 5) is 4.02.